The summed E-state index contributed by atoms with van der Waals surface area (Å²) in [5.74, 6) is 0.409. The summed E-state index contributed by atoms with van der Waals surface area (Å²) >= 11 is 0. The minimum atomic E-state index is -0.592. The molecule has 2 amide bonds. The number of ether oxygens (including phenoxy) is 2. The number of hydrogen-bond acceptors (Lipinski definition) is 4. The molecule has 6 heteroatoms. The number of nitrogens with two attached hydrogens (primary N) is 1. The van der Waals surface area contributed by atoms with Crippen molar-refractivity contribution >= 4 is 11.8 Å². The summed E-state index contributed by atoms with van der Waals surface area (Å²) in [6, 6.07) is 14.4. The molecule has 0 saturated heterocycles. The first-order valence-corrected chi connectivity index (χ1v) is 7.99. The van der Waals surface area contributed by atoms with Gasteiger partial charge in [0.15, 0.2) is 0 Å². The van der Waals surface area contributed by atoms with Crippen LogP contribution in [0.15, 0.2) is 48.5 Å². The predicted molar refractivity (Wildman–Crippen MR) is 94.5 cm³/mol. The largest absolute Gasteiger partial charge is 0.491 e. The average Bonchev–Trinajstić information content (AvgIpc) is 2.59. The maximum Gasteiger partial charge on any atom is 0.251 e. The summed E-state index contributed by atoms with van der Waals surface area (Å²) in [7, 11) is 0. The molecular weight excluding hydrogens is 320 g/mol. The highest BCUT2D eigenvalue weighted by Crippen LogP contribution is 2.17. The molecule has 0 fully saturated rings. The molecule has 3 N–H and O–H groups in total. The zero-order valence-corrected chi connectivity index (χ0v) is 14.3. The molecule has 0 spiro atoms. The van der Waals surface area contributed by atoms with E-state index in [0.717, 1.165) is 11.3 Å². The van der Waals surface area contributed by atoms with Gasteiger partial charge in [-0.05, 0) is 49.7 Å². The van der Waals surface area contributed by atoms with Crippen molar-refractivity contribution in [1.82, 2.24) is 5.32 Å². The van der Waals surface area contributed by atoms with Crippen LogP contribution in [0.2, 0.25) is 0 Å². The van der Waals surface area contributed by atoms with Crippen LogP contribution in [0.25, 0.3) is 0 Å². The SMILES string of the molecule is CC(C)Oc1ccc(COc2cccc(C(=O)NCC(N)=O)c2)cc1. The third-order valence-corrected chi connectivity index (χ3v) is 3.22. The van der Waals surface area contributed by atoms with Crippen LogP contribution in [0.1, 0.15) is 29.8 Å². The van der Waals surface area contributed by atoms with Crippen molar-refractivity contribution in [3.63, 3.8) is 0 Å². The molecule has 0 bridgehead atoms. The van der Waals surface area contributed by atoms with Crippen LogP contribution in [0.3, 0.4) is 0 Å². The minimum absolute atomic E-state index is 0.130. The molecule has 0 radical (unpaired) electrons. The van der Waals surface area contributed by atoms with E-state index in [2.05, 4.69) is 5.32 Å². The van der Waals surface area contributed by atoms with Gasteiger partial charge in [0, 0.05) is 5.56 Å². The van der Waals surface area contributed by atoms with Crippen molar-refractivity contribution in [3.05, 3.63) is 59.7 Å². The molecule has 0 aliphatic carbocycles. The zero-order valence-electron chi connectivity index (χ0n) is 14.3. The number of nitrogens with one attached hydrogen (secondary N) is 1. The third kappa shape index (κ3) is 6.18. The number of carbonyl (C=O) groups excluding carboxylic acids is 2. The molecule has 2 rings (SSSR count). The van der Waals surface area contributed by atoms with Gasteiger partial charge in [-0.3, -0.25) is 9.59 Å². The summed E-state index contributed by atoms with van der Waals surface area (Å²) < 4.78 is 11.3. The number of rotatable bonds is 8. The van der Waals surface area contributed by atoms with E-state index in [1.807, 2.05) is 38.1 Å². The van der Waals surface area contributed by atoms with Gasteiger partial charge >= 0.3 is 0 Å². The van der Waals surface area contributed by atoms with Crippen LogP contribution in [0.5, 0.6) is 11.5 Å². The van der Waals surface area contributed by atoms with Crippen LogP contribution in [-0.4, -0.2) is 24.5 Å². The molecule has 0 aromatic heterocycles. The van der Waals surface area contributed by atoms with Crippen molar-refractivity contribution in [2.24, 2.45) is 5.73 Å². The summed E-state index contributed by atoms with van der Waals surface area (Å²) in [4.78, 5) is 22.6. The van der Waals surface area contributed by atoms with Gasteiger partial charge in [-0.15, -0.1) is 0 Å². The van der Waals surface area contributed by atoms with E-state index in [1.54, 1.807) is 24.3 Å². The fraction of sp³-hybridized carbons (Fsp3) is 0.263. The molecule has 2 aromatic rings. The Balaban J connectivity index is 1.93. The first-order chi connectivity index (χ1) is 11.9. The average molecular weight is 342 g/mol. The maximum atomic E-state index is 11.9. The second-order valence-corrected chi connectivity index (χ2v) is 5.78. The third-order valence-electron chi connectivity index (χ3n) is 3.22. The summed E-state index contributed by atoms with van der Waals surface area (Å²) in [5.41, 5.74) is 6.40. The van der Waals surface area contributed by atoms with E-state index in [1.165, 1.54) is 0 Å². The van der Waals surface area contributed by atoms with Crippen molar-refractivity contribution in [2.45, 2.75) is 26.6 Å². The molecule has 2 aromatic carbocycles. The number of carbonyl (C=O) groups is 2. The quantitative estimate of drug-likeness (QED) is 0.770. The lowest BCUT2D eigenvalue weighted by Gasteiger charge is -2.11. The molecule has 6 nitrogen and oxygen atoms in total. The monoisotopic (exact) mass is 342 g/mol. The Hall–Kier alpha value is -3.02. The lowest BCUT2D eigenvalue weighted by molar-refractivity contribution is -0.117. The van der Waals surface area contributed by atoms with Crippen molar-refractivity contribution in [3.8, 4) is 11.5 Å². The van der Waals surface area contributed by atoms with Crippen molar-refractivity contribution in [1.29, 1.82) is 0 Å². The van der Waals surface area contributed by atoms with E-state index in [4.69, 9.17) is 15.2 Å². The minimum Gasteiger partial charge on any atom is -0.491 e. The highest BCUT2D eigenvalue weighted by atomic mass is 16.5. The highest BCUT2D eigenvalue weighted by Gasteiger charge is 2.08. The smallest absolute Gasteiger partial charge is 0.251 e. The fourth-order valence-corrected chi connectivity index (χ4v) is 2.10. The second kappa shape index (κ2) is 8.73. The molecule has 0 aliphatic rings. The lowest BCUT2D eigenvalue weighted by atomic mass is 10.2. The Morgan fingerprint density at radius 1 is 1.08 bits per heavy atom. The number of hydrogen-bond donors (Lipinski definition) is 2. The molecule has 0 aliphatic heterocycles. The van der Waals surface area contributed by atoms with Gasteiger partial charge in [-0.1, -0.05) is 18.2 Å². The maximum absolute atomic E-state index is 11.9. The standard InChI is InChI=1S/C19H22N2O4/c1-13(2)25-16-8-6-14(7-9-16)12-24-17-5-3-4-15(10-17)19(23)21-11-18(20)22/h3-10,13H,11-12H2,1-2H3,(H2,20,22)(H,21,23). The van der Waals surface area contributed by atoms with Crippen LogP contribution in [0.4, 0.5) is 0 Å². The topological polar surface area (TPSA) is 90.7 Å². The fourth-order valence-electron chi connectivity index (χ4n) is 2.10. The van der Waals surface area contributed by atoms with Gasteiger partial charge < -0.3 is 20.5 Å². The van der Waals surface area contributed by atoms with Crippen LogP contribution < -0.4 is 20.5 Å². The number of benzene rings is 2. The Morgan fingerprint density at radius 2 is 1.80 bits per heavy atom. The van der Waals surface area contributed by atoms with E-state index in [-0.39, 0.29) is 18.6 Å². The molecule has 0 saturated carbocycles. The summed E-state index contributed by atoms with van der Waals surface area (Å²) in [5, 5.41) is 2.44. The number of amides is 2. The van der Waals surface area contributed by atoms with Gasteiger partial charge in [0.1, 0.15) is 18.1 Å². The van der Waals surface area contributed by atoms with Gasteiger partial charge in [0.25, 0.3) is 5.91 Å². The van der Waals surface area contributed by atoms with E-state index in [0.29, 0.717) is 17.9 Å². The van der Waals surface area contributed by atoms with E-state index < -0.39 is 5.91 Å². The van der Waals surface area contributed by atoms with Crippen LogP contribution in [0, 0.1) is 0 Å². The van der Waals surface area contributed by atoms with Crippen molar-refractivity contribution in [2.75, 3.05) is 6.54 Å². The first kappa shape index (κ1) is 18.3. The van der Waals surface area contributed by atoms with Crippen LogP contribution in [-0.2, 0) is 11.4 Å². The normalized spacial score (nSPS) is 10.4. The van der Waals surface area contributed by atoms with Gasteiger partial charge in [0.2, 0.25) is 5.91 Å². The Bertz CT molecular complexity index is 726. The van der Waals surface area contributed by atoms with Gasteiger partial charge in [0.05, 0.1) is 12.6 Å². The van der Waals surface area contributed by atoms with E-state index >= 15 is 0 Å². The molecular formula is C19H22N2O4. The van der Waals surface area contributed by atoms with Crippen LogP contribution >= 0.6 is 0 Å². The van der Waals surface area contributed by atoms with Gasteiger partial charge in [-0.2, -0.15) is 0 Å². The lowest BCUT2D eigenvalue weighted by Crippen LogP contribution is -2.33. The first-order valence-electron chi connectivity index (χ1n) is 7.99. The molecule has 132 valence electrons. The molecule has 0 unspecified atom stereocenters. The molecule has 0 heterocycles. The summed E-state index contributed by atoms with van der Waals surface area (Å²) in [6.45, 7) is 4.12. The van der Waals surface area contributed by atoms with Gasteiger partial charge in [-0.25, -0.2) is 0 Å². The summed E-state index contributed by atoms with van der Waals surface area (Å²) in [6.07, 6.45) is 0.130. The Morgan fingerprint density at radius 3 is 2.44 bits per heavy atom. The Labute approximate surface area is 146 Å². The molecule has 0 atom stereocenters. The second-order valence-electron chi connectivity index (χ2n) is 5.78. The predicted octanol–water partition coefficient (Wildman–Crippen LogP) is 2.27. The highest BCUT2D eigenvalue weighted by molar-refractivity contribution is 5.96. The van der Waals surface area contributed by atoms with E-state index in [9.17, 15) is 9.59 Å². The Kier molecular flexibility index (Phi) is 6.39. The zero-order chi connectivity index (χ0) is 18.2. The van der Waals surface area contributed by atoms with Crippen molar-refractivity contribution < 1.29 is 19.1 Å². The number of primary amides is 1. The molecule has 25 heavy (non-hydrogen) atoms.